The van der Waals surface area contributed by atoms with E-state index in [-0.39, 0.29) is 23.5 Å². The Hall–Kier alpha value is -4.27. The van der Waals surface area contributed by atoms with Gasteiger partial charge < -0.3 is 15.2 Å². The summed E-state index contributed by atoms with van der Waals surface area (Å²) in [4.78, 5) is 46.5. The van der Waals surface area contributed by atoms with Crippen molar-refractivity contribution in [1.82, 2.24) is 9.80 Å². The van der Waals surface area contributed by atoms with Crippen molar-refractivity contribution in [3.63, 3.8) is 0 Å². The van der Waals surface area contributed by atoms with Gasteiger partial charge in [-0.3, -0.25) is 24.3 Å². The monoisotopic (exact) mass is 518 g/mol. The van der Waals surface area contributed by atoms with Gasteiger partial charge >= 0.3 is 12.1 Å². The standard InChI is InChI=1S/C27H30N6O5/c1-2-37-24(34)18-32-12-10-31(11-13-32)16-23-17-33(27(36)38-23)22-8-6-20(7-9-22)25(29)30-26(35)21-5-3-4-19(14-21)15-28/h3-9,14,23H,2,10-13,16-18H2,1H3,(H2,29,30,35). The van der Waals surface area contributed by atoms with E-state index >= 15 is 0 Å². The fourth-order valence-corrected chi connectivity index (χ4v) is 4.41. The van der Waals surface area contributed by atoms with Crippen LogP contribution in [0.4, 0.5) is 10.5 Å². The first-order valence-electron chi connectivity index (χ1n) is 12.4. The first kappa shape index (κ1) is 26.8. The molecular formula is C27H30N6O5. The lowest BCUT2D eigenvalue weighted by Gasteiger charge is -2.34. The number of cyclic esters (lactones) is 1. The van der Waals surface area contributed by atoms with Gasteiger partial charge in [-0.05, 0) is 49.4 Å². The summed E-state index contributed by atoms with van der Waals surface area (Å²) in [5, 5.41) is 9.01. The minimum Gasteiger partial charge on any atom is -0.465 e. The summed E-state index contributed by atoms with van der Waals surface area (Å²) in [6.07, 6.45) is -0.690. The van der Waals surface area contributed by atoms with Crippen LogP contribution in [0.3, 0.4) is 0 Å². The molecule has 0 aliphatic carbocycles. The minimum atomic E-state index is -0.545. The maximum atomic E-state index is 12.5. The van der Waals surface area contributed by atoms with Crippen LogP contribution in [0.25, 0.3) is 0 Å². The third-order valence-corrected chi connectivity index (χ3v) is 6.39. The lowest BCUT2D eigenvalue weighted by Crippen LogP contribution is -2.50. The molecule has 2 aromatic rings. The number of esters is 1. The lowest BCUT2D eigenvalue weighted by molar-refractivity contribution is -0.144. The predicted octanol–water partition coefficient (Wildman–Crippen LogP) is 1.61. The molecule has 198 valence electrons. The molecule has 2 aliphatic rings. The van der Waals surface area contributed by atoms with Gasteiger partial charge in [0.2, 0.25) is 0 Å². The number of anilines is 1. The summed E-state index contributed by atoms with van der Waals surface area (Å²) < 4.78 is 10.6. The number of hydrogen-bond acceptors (Lipinski definition) is 8. The number of carbonyl (C=O) groups is 3. The fourth-order valence-electron chi connectivity index (χ4n) is 4.41. The number of nitriles is 1. The lowest BCUT2D eigenvalue weighted by atomic mass is 10.1. The Balaban J connectivity index is 1.30. The number of benzene rings is 2. The van der Waals surface area contributed by atoms with Crippen LogP contribution >= 0.6 is 0 Å². The van der Waals surface area contributed by atoms with E-state index in [1.54, 1.807) is 54.3 Å². The second kappa shape index (κ2) is 12.3. The fraction of sp³-hybridized carbons (Fsp3) is 0.370. The quantitative estimate of drug-likeness (QED) is 0.313. The van der Waals surface area contributed by atoms with Gasteiger partial charge in [-0.15, -0.1) is 0 Å². The highest BCUT2D eigenvalue weighted by Gasteiger charge is 2.34. The van der Waals surface area contributed by atoms with Crippen LogP contribution in [0.15, 0.2) is 53.5 Å². The SMILES string of the molecule is CCOC(=O)CN1CCN(CC2CN(c3ccc(C(N)=NC(=O)c4cccc(C#N)c4)cc3)C(=O)O2)CC1. The van der Waals surface area contributed by atoms with Gasteiger partial charge in [-0.1, -0.05) is 6.07 Å². The summed E-state index contributed by atoms with van der Waals surface area (Å²) in [5.41, 5.74) is 7.86. The molecule has 11 nitrogen and oxygen atoms in total. The molecule has 0 radical (unpaired) electrons. The van der Waals surface area contributed by atoms with Crippen molar-refractivity contribution in [2.45, 2.75) is 13.0 Å². The van der Waals surface area contributed by atoms with Gasteiger partial charge in [0.1, 0.15) is 11.9 Å². The Morgan fingerprint density at radius 3 is 2.50 bits per heavy atom. The molecule has 0 bridgehead atoms. The van der Waals surface area contributed by atoms with Crippen molar-refractivity contribution < 1.29 is 23.9 Å². The predicted molar refractivity (Wildman–Crippen MR) is 140 cm³/mol. The highest BCUT2D eigenvalue weighted by Crippen LogP contribution is 2.23. The number of nitrogens with two attached hydrogens (primary N) is 1. The number of ether oxygens (including phenoxy) is 2. The summed E-state index contributed by atoms with van der Waals surface area (Å²) in [6, 6.07) is 15.1. The average Bonchev–Trinajstić information content (AvgIpc) is 3.29. The van der Waals surface area contributed by atoms with Gasteiger partial charge in [0.15, 0.2) is 0 Å². The molecule has 2 heterocycles. The zero-order valence-electron chi connectivity index (χ0n) is 21.2. The van der Waals surface area contributed by atoms with Crippen LogP contribution in [0.1, 0.15) is 28.4 Å². The smallest absolute Gasteiger partial charge is 0.414 e. The summed E-state index contributed by atoms with van der Waals surface area (Å²) in [6.45, 7) is 6.55. The van der Waals surface area contributed by atoms with E-state index in [4.69, 9.17) is 20.5 Å². The number of piperazine rings is 1. The first-order valence-corrected chi connectivity index (χ1v) is 12.4. The third kappa shape index (κ3) is 6.73. The van der Waals surface area contributed by atoms with E-state index < -0.39 is 12.0 Å². The molecule has 2 aliphatic heterocycles. The van der Waals surface area contributed by atoms with Gasteiger partial charge in [-0.2, -0.15) is 10.3 Å². The molecule has 1 unspecified atom stereocenters. The van der Waals surface area contributed by atoms with Crippen LogP contribution in [-0.4, -0.2) is 92.1 Å². The molecule has 0 aromatic heterocycles. The second-order valence-corrected chi connectivity index (χ2v) is 9.04. The van der Waals surface area contributed by atoms with E-state index in [0.717, 1.165) is 26.2 Å². The zero-order chi connectivity index (χ0) is 27.1. The molecular weight excluding hydrogens is 488 g/mol. The topological polar surface area (TPSA) is 142 Å². The number of amides is 2. The van der Waals surface area contributed by atoms with Crippen molar-refractivity contribution in [1.29, 1.82) is 5.26 Å². The van der Waals surface area contributed by atoms with Crippen molar-refractivity contribution >= 4 is 29.5 Å². The van der Waals surface area contributed by atoms with E-state index in [2.05, 4.69) is 14.8 Å². The van der Waals surface area contributed by atoms with Crippen LogP contribution in [0.2, 0.25) is 0 Å². The molecule has 38 heavy (non-hydrogen) atoms. The van der Waals surface area contributed by atoms with Gasteiger partial charge in [0, 0.05) is 49.5 Å². The number of hydrogen-bond donors (Lipinski definition) is 1. The number of amidine groups is 1. The van der Waals surface area contributed by atoms with Gasteiger partial charge in [0.25, 0.3) is 5.91 Å². The Labute approximate surface area is 221 Å². The van der Waals surface area contributed by atoms with E-state index in [0.29, 0.717) is 43.1 Å². The van der Waals surface area contributed by atoms with Crippen molar-refractivity contribution in [2.75, 3.05) is 57.3 Å². The summed E-state index contributed by atoms with van der Waals surface area (Å²) in [7, 11) is 0. The molecule has 0 saturated carbocycles. The van der Waals surface area contributed by atoms with E-state index in [1.165, 1.54) is 6.07 Å². The maximum Gasteiger partial charge on any atom is 0.414 e. The second-order valence-electron chi connectivity index (χ2n) is 9.04. The normalized spacial score (nSPS) is 18.6. The number of aliphatic imine (C=N–C) groups is 1. The number of rotatable bonds is 8. The Bertz CT molecular complexity index is 1250. The highest BCUT2D eigenvalue weighted by atomic mass is 16.6. The molecule has 0 spiro atoms. The molecule has 2 saturated heterocycles. The third-order valence-electron chi connectivity index (χ3n) is 6.39. The van der Waals surface area contributed by atoms with Crippen LogP contribution in [-0.2, 0) is 14.3 Å². The largest absolute Gasteiger partial charge is 0.465 e. The summed E-state index contributed by atoms with van der Waals surface area (Å²) in [5.74, 6) is -0.721. The van der Waals surface area contributed by atoms with Crippen molar-refractivity contribution in [3.05, 3.63) is 65.2 Å². The average molecular weight is 519 g/mol. The van der Waals surface area contributed by atoms with Gasteiger partial charge in [0.05, 0.1) is 31.3 Å². The zero-order valence-corrected chi connectivity index (χ0v) is 21.2. The maximum absolute atomic E-state index is 12.5. The molecule has 2 aromatic carbocycles. The van der Waals surface area contributed by atoms with Gasteiger partial charge in [-0.25, -0.2) is 4.79 Å². The molecule has 1 atom stereocenters. The Kier molecular flexibility index (Phi) is 8.68. The van der Waals surface area contributed by atoms with Crippen LogP contribution < -0.4 is 10.6 Å². The molecule has 2 amide bonds. The molecule has 2 N–H and O–H groups in total. The van der Waals surface area contributed by atoms with Crippen molar-refractivity contribution in [3.8, 4) is 6.07 Å². The van der Waals surface area contributed by atoms with Crippen LogP contribution in [0, 0.1) is 11.3 Å². The molecule has 4 rings (SSSR count). The Morgan fingerprint density at radius 2 is 1.82 bits per heavy atom. The summed E-state index contributed by atoms with van der Waals surface area (Å²) >= 11 is 0. The highest BCUT2D eigenvalue weighted by molar-refractivity contribution is 6.09. The van der Waals surface area contributed by atoms with E-state index in [9.17, 15) is 14.4 Å². The number of carbonyl (C=O) groups excluding carboxylic acids is 3. The molecule has 11 heteroatoms. The first-order chi connectivity index (χ1) is 18.4. The Morgan fingerprint density at radius 1 is 1.11 bits per heavy atom. The van der Waals surface area contributed by atoms with E-state index in [1.807, 2.05) is 6.07 Å². The number of nitrogens with zero attached hydrogens (tertiary/aromatic N) is 5. The van der Waals surface area contributed by atoms with Crippen molar-refractivity contribution in [2.24, 2.45) is 10.7 Å². The van der Waals surface area contributed by atoms with Crippen LogP contribution in [0.5, 0.6) is 0 Å². The molecule has 2 fully saturated rings. The minimum absolute atomic E-state index is 0.0351.